The summed E-state index contributed by atoms with van der Waals surface area (Å²) in [5.74, 6) is 0. The minimum absolute atomic E-state index is 0.915. The molecule has 3 heteroatoms. The zero-order valence-corrected chi connectivity index (χ0v) is 8.26. The molecule has 0 saturated carbocycles. The third-order valence-electron chi connectivity index (χ3n) is 1.34. The Morgan fingerprint density at radius 2 is 1.43 bits per heavy atom. The Bertz CT molecular complexity index is 64.1. The van der Waals surface area contributed by atoms with Crippen molar-refractivity contribution in [1.29, 1.82) is 0 Å². The first-order valence-electron chi connectivity index (χ1n) is 2.59. The molecule has 0 unspecified atom stereocenters. The molecule has 1 rings (SSSR count). The van der Waals surface area contributed by atoms with Crippen molar-refractivity contribution in [3.05, 3.63) is 0 Å². The molecule has 1 heterocycles. The van der Waals surface area contributed by atoms with Gasteiger partial charge in [-0.1, -0.05) is 12.8 Å². The van der Waals surface area contributed by atoms with E-state index in [1.807, 2.05) is 0 Å². The van der Waals surface area contributed by atoms with Crippen LogP contribution in [0.25, 0.3) is 0 Å². The molecule has 1 aliphatic heterocycles. The van der Waals surface area contributed by atoms with Gasteiger partial charge in [-0.3, -0.25) is 0 Å². The van der Waals surface area contributed by atoms with Gasteiger partial charge in [-0.15, -0.1) is 30.6 Å². The number of rotatable bonds is 0. The van der Waals surface area contributed by atoms with Gasteiger partial charge in [0.05, 0.1) is 0 Å². The Kier molecular flexibility index (Phi) is 1.97. The van der Waals surface area contributed by atoms with Gasteiger partial charge in [-0.25, -0.2) is 0 Å². The lowest BCUT2D eigenvalue weighted by molar-refractivity contribution is 0.935. The molecule has 0 nitrogen and oxygen atoms in total. The van der Waals surface area contributed by atoms with Crippen molar-refractivity contribution < 1.29 is 0 Å². The highest BCUT2D eigenvalue weighted by Gasteiger charge is 2.30. The van der Waals surface area contributed by atoms with Crippen LogP contribution in [-0.4, -0.2) is 5.31 Å². The highest BCUT2D eigenvalue weighted by Crippen LogP contribution is 2.39. The van der Waals surface area contributed by atoms with Crippen molar-refractivity contribution in [2.45, 2.75) is 24.9 Å². The Morgan fingerprint density at radius 1 is 1.00 bits per heavy atom. The fourth-order valence-corrected chi connectivity index (χ4v) is 6.04. The largest absolute Gasteiger partial charge is 0.201 e. The van der Waals surface area contributed by atoms with E-state index in [0.29, 0.717) is 0 Å². The Hall–Kier alpha value is 1.18. The monoisotopic (exact) mass is 242 g/mol. The van der Waals surface area contributed by atoms with E-state index in [9.17, 15) is 0 Å². The van der Waals surface area contributed by atoms with E-state index in [1.54, 1.807) is 0 Å². The van der Waals surface area contributed by atoms with Crippen LogP contribution in [0.4, 0.5) is 0 Å². The zero-order chi connectivity index (χ0) is 5.33. The van der Waals surface area contributed by atoms with Gasteiger partial charge in [-0.05, 0) is 12.1 Å². The molecule has 1 fully saturated rings. The second-order valence-electron chi connectivity index (χ2n) is 2.06. The molecule has 0 aromatic heterocycles. The summed E-state index contributed by atoms with van der Waals surface area (Å²) in [5, 5.41) is -0.915. The molecule has 42 valence electrons. The summed E-state index contributed by atoms with van der Waals surface area (Å²) < 4.78 is 0. The molecule has 0 bridgehead atoms. The lowest BCUT2D eigenvalue weighted by Crippen LogP contribution is -2.07. The van der Waals surface area contributed by atoms with Crippen LogP contribution in [0.3, 0.4) is 0 Å². The summed E-state index contributed by atoms with van der Waals surface area (Å²) in [4.78, 5) is 0. The molecular weight excluding hydrogens is 236 g/mol. The van der Waals surface area contributed by atoms with E-state index < -0.39 is 5.31 Å². The summed E-state index contributed by atoms with van der Waals surface area (Å²) in [5.41, 5.74) is 0. The van der Waals surface area contributed by atoms with Gasteiger partial charge in [0.15, 0.2) is 0 Å². The Balaban J connectivity index is 2.40. The van der Waals surface area contributed by atoms with Crippen molar-refractivity contribution in [2.24, 2.45) is 0 Å². The lowest BCUT2D eigenvalue weighted by Gasteiger charge is -2.04. The van der Waals surface area contributed by atoms with Crippen LogP contribution in [0, 0.1) is 0 Å². The fourth-order valence-electron chi connectivity index (χ4n) is 0.892. The predicted octanol–water partition coefficient (Wildman–Crippen LogP) is 3.01. The first kappa shape index (κ1) is 6.30. The van der Waals surface area contributed by atoms with Crippen molar-refractivity contribution >= 4 is 35.9 Å². The molecule has 7 heavy (non-hydrogen) atoms. The van der Waals surface area contributed by atoms with Gasteiger partial charge >= 0.3 is 0 Å². The van der Waals surface area contributed by atoms with Crippen LogP contribution in [0.5, 0.6) is 0 Å². The van der Waals surface area contributed by atoms with E-state index in [4.69, 9.17) is 0 Å². The number of halogens is 2. The molecule has 0 atom stereocenters. The van der Waals surface area contributed by atoms with Gasteiger partial charge in [0.25, 0.3) is 0 Å². The topological polar surface area (TPSA) is 0 Å². The summed E-state index contributed by atoms with van der Waals surface area (Å²) in [6.45, 7) is 0. The van der Waals surface area contributed by atoms with Crippen molar-refractivity contribution in [2.75, 3.05) is 0 Å². The average molecular weight is 244 g/mol. The molecule has 1 aliphatic rings. The fraction of sp³-hybridized carbons (Fsp3) is 1.00. The summed E-state index contributed by atoms with van der Waals surface area (Å²) in [6.07, 6.45) is 2.87. The SMILES string of the molecule is Br[Si]1(Br)CCCC1. The third-order valence-corrected chi connectivity index (χ3v) is 8.26. The quantitative estimate of drug-likeness (QED) is 0.453. The maximum absolute atomic E-state index is 3.70. The summed E-state index contributed by atoms with van der Waals surface area (Å²) >= 11 is 7.40. The molecular formula is C4H8Br2Si. The average Bonchev–Trinajstić information content (AvgIpc) is 1.84. The molecule has 0 N–H and O–H groups in total. The van der Waals surface area contributed by atoms with Crippen LogP contribution in [0.15, 0.2) is 0 Å². The molecule has 0 aromatic rings. The van der Waals surface area contributed by atoms with Crippen molar-refractivity contribution in [3.63, 3.8) is 0 Å². The van der Waals surface area contributed by atoms with E-state index in [0.717, 1.165) is 0 Å². The van der Waals surface area contributed by atoms with Crippen LogP contribution < -0.4 is 0 Å². The standard InChI is InChI=1S/C4H8Br2Si/c5-7(6)3-1-2-4-7/h1-4H2. The van der Waals surface area contributed by atoms with Crippen LogP contribution >= 0.6 is 30.6 Å². The van der Waals surface area contributed by atoms with Gasteiger partial charge in [0, 0.05) is 0 Å². The number of hydrogen-bond acceptors (Lipinski definition) is 0. The third kappa shape index (κ3) is 1.86. The molecule has 1 saturated heterocycles. The summed E-state index contributed by atoms with van der Waals surface area (Å²) in [6, 6.07) is 2.85. The van der Waals surface area contributed by atoms with E-state index in [1.165, 1.54) is 24.9 Å². The minimum atomic E-state index is -0.915. The Labute approximate surface area is 60.8 Å². The zero-order valence-electron chi connectivity index (χ0n) is 4.08. The molecule has 0 amide bonds. The van der Waals surface area contributed by atoms with Gasteiger partial charge in [0.1, 0.15) is 0 Å². The number of hydrogen-bond donors (Lipinski definition) is 0. The first-order valence-corrected chi connectivity index (χ1v) is 9.51. The smallest absolute Gasteiger partial charge is 0.111 e. The van der Waals surface area contributed by atoms with Crippen molar-refractivity contribution in [1.82, 2.24) is 0 Å². The van der Waals surface area contributed by atoms with Crippen LogP contribution in [-0.2, 0) is 0 Å². The highest BCUT2D eigenvalue weighted by atomic mass is 79.9. The van der Waals surface area contributed by atoms with E-state index in [-0.39, 0.29) is 0 Å². The van der Waals surface area contributed by atoms with Gasteiger partial charge < -0.3 is 0 Å². The molecule has 0 radical (unpaired) electrons. The molecule has 0 aromatic carbocycles. The molecule has 0 spiro atoms. The normalized spacial score (nSPS) is 28.3. The van der Waals surface area contributed by atoms with E-state index >= 15 is 0 Å². The molecule has 0 aliphatic carbocycles. The van der Waals surface area contributed by atoms with Crippen molar-refractivity contribution in [3.8, 4) is 0 Å². The van der Waals surface area contributed by atoms with Gasteiger partial charge in [0.2, 0.25) is 5.31 Å². The lowest BCUT2D eigenvalue weighted by atomic mass is 10.4. The Morgan fingerprint density at radius 3 is 1.57 bits per heavy atom. The first-order chi connectivity index (χ1) is 3.21. The minimum Gasteiger partial charge on any atom is -0.111 e. The predicted molar refractivity (Wildman–Crippen MR) is 42.5 cm³/mol. The second kappa shape index (κ2) is 2.19. The summed E-state index contributed by atoms with van der Waals surface area (Å²) in [7, 11) is 0. The van der Waals surface area contributed by atoms with Gasteiger partial charge in [-0.2, -0.15) is 0 Å². The highest BCUT2D eigenvalue weighted by molar-refractivity contribution is 9.51. The maximum Gasteiger partial charge on any atom is 0.201 e. The van der Waals surface area contributed by atoms with Crippen LogP contribution in [0.1, 0.15) is 12.8 Å². The van der Waals surface area contributed by atoms with E-state index in [2.05, 4.69) is 30.6 Å². The maximum atomic E-state index is 3.70. The second-order valence-corrected chi connectivity index (χ2v) is 17.1. The van der Waals surface area contributed by atoms with Crippen LogP contribution in [0.2, 0.25) is 12.1 Å².